The fraction of sp³-hybridized carbons (Fsp3) is 0.691. The van der Waals surface area contributed by atoms with Crippen LogP contribution in [-0.2, 0) is 28.6 Å². The van der Waals surface area contributed by atoms with E-state index in [1.807, 2.05) is 0 Å². The van der Waals surface area contributed by atoms with Gasteiger partial charge in [0.15, 0.2) is 6.10 Å². The summed E-state index contributed by atoms with van der Waals surface area (Å²) in [5.74, 6) is -0.895. The SMILES string of the molecule is CC/C=C\C/C=C\C/C=C\C/C=C\C/C=C\C/C=C\C/C=C\C/C=C\CCCCCCCCCCCCC(=O)OCC(COC(=O)CCCCCCCCCC)OC(=O)CCCCCCC/C=C\CCCCCC. The molecule has 0 heterocycles. The molecule has 422 valence electrons. The standard InChI is InChI=1S/C68H114O6/c1-4-7-10-13-16-19-21-23-24-25-26-27-28-29-30-31-32-33-34-35-36-37-38-39-40-41-42-43-44-46-47-49-52-55-58-61-67(70)73-64-65(63-72-66(69)60-57-54-51-18-15-12-9-6-3)74-68(71)62-59-56-53-50-48-45-22-20-17-14-11-8-5-2/h7,10,16,19-20,22-24,26-27,29-30,32-33,35-36,38-39,65H,4-6,8-9,11-15,17-18,21,25,28,31,34,37,40-64H2,1-3H3/b10-7-,19-16-,22-20-,24-23-,27-26-,30-29-,33-32-,36-35-,39-38-. The quantitative estimate of drug-likeness (QED) is 0.0261. The highest BCUT2D eigenvalue weighted by Gasteiger charge is 2.19. The molecule has 0 aliphatic heterocycles. The molecule has 6 heteroatoms. The van der Waals surface area contributed by atoms with Crippen LogP contribution in [0.3, 0.4) is 0 Å². The van der Waals surface area contributed by atoms with Crippen molar-refractivity contribution < 1.29 is 28.6 Å². The van der Waals surface area contributed by atoms with Gasteiger partial charge in [0, 0.05) is 19.3 Å². The first-order valence-electron chi connectivity index (χ1n) is 30.9. The predicted octanol–water partition coefficient (Wildman–Crippen LogP) is 21.0. The van der Waals surface area contributed by atoms with Crippen LogP contribution in [0.4, 0.5) is 0 Å². The molecule has 0 spiro atoms. The van der Waals surface area contributed by atoms with Gasteiger partial charge >= 0.3 is 17.9 Å². The fourth-order valence-electron chi connectivity index (χ4n) is 8.39. The van der Waals surface area contributed by atoms with Gasteiger partial charge in [0.1, 0.15) is 13.2 Å². The highest BCUT2D eigenvalue weighted by atomic mass is 16.6. The summed E-state index contributed by atoms with van der Waals surface area (Å²) in [6, 6.07) is 0. The second kappa shape index (κ2) is 61.6. The van der Waals surface area contributed by atoms with E-state index in [1.54, 1.807) is 0 Å². The van der Waals surface area contributed by atoms with Gasteiger partial charge in [-0.1, -0.05) is 265 Å². The Morgan fingerprint density at radius 1 is 0.284 bits per heavy atom. The van der Waals surface area contributed by atoms with E-state index in [0.29, 0.717) is 19.3 Å². The van der Waals surface area contributed by atoms with Gasteiger partial charge in [-0.3, -0.25) is 14.4 Å². The molecule has 0 amide bonds. The lowest BCUT2D eigenvalue weighted by Gasteiger charge is -2.18. The fourth-order valence-corrected chi connectivity index (χ4v) is 8.39. The van der Waals surface area contributed by atoms with E-state index >= 15 is 0 Å². The van der Waals surface area contributed by atoms with Crippen LogP contribution in [0.1, 0.15) is 284 Å². The summed E-state index contributed by atoms with van der Waals surface area (Å²) in [6.45, 7) is 6.47. The molecular formula is C68H114O6. The number of rotatable bonds is 55. The number of esters is 3. The van der Waals surface area contributed by atoms with Crippen molar-refractivity contribution in [1.29, 1.82) is 0 Å². The lowest BCUT2D eigenvalue weighted by atomic mass is 10.1. The van der Waals surface area contributed by atoms with Crippen molar-refractivity contribution >= 4 is 17.9 Å². The Morgan fingerprint density at radius 2 is 0.527 bits per heavy atom. The molecule has 0 N–H and O–H groups in total. The van der Waals surface area contributed by atoms with Gasteiger partial charge in [-0.15, -0.1) is 0 Å². The predicted molar refractivity (Wildman–Crippen MR) is 320 cm³/mol. The molecule has 0 rings (SSSR count). The molecular weight excluding hydrogens is 913 g/mol. The second-order valence-electron chi connectivity index (χ2n) is 20.2. The van der Waals surface area contributed by atoms with Crippen molar-refractivity contribution in [1.82, 2.24) is 0 Å². The van der Waals surface area contributed by atoms with Crippen LogP contribution < -0.4 is 0 Å². The van der Waals surface area contributed by atoms with Crippen LogP contribution in [0.2, 0.25) is 0 Å². The number of ether oxygens (including phenoxy) is 3. The minimum absolute atomic E-state index is 0.0802. The molecule has 0 aromatic heterocycles. The largest absolute Gasteiger partial charge is 0.462 e. The summed E-state index contributed by atoms with van der Waals surface area (Å²) in [4.78, 5) is 38.0. The van der Waals surface area contributed by atoms with E-state index in [9.17, 15) is 14.4 Å². The maximum absolute atomic E-state index is 12.8. The van der Waals surface area contributed by atoms with E-state index in [0.717, 1.165) is 122 Å². The van der Waals surface area contributed by atoms with Crippen LogP contribution in [-0.4, -0.2) is 37.2 Å². The van der Waals surface area contributed by atoms with E-state index in [2.05, 4.69) is 130 Å². The van der Waals surface area contributed by atoms with Crippen molar-refractivity contribution in [2.45, 2.75) is 290 Å². The Kier molecular flexibility index (Phi) is 58.3. The Bertz CT molecular complexity index is 1510. The summed E-state index contributed by atoms with van der Waals surface area (Å²) < 4.78 is 16.8. The molecule has 0 fully saturated rings. The Hall–Kier alpha value is -3.93. The van der Waals surface area contributed by atoms with Crippen LogP contribution in [0.25, 0.3) is 0 Å². The smallest absolute Gasteiger partial charge is 0.306 e. The summed E-state index contributed by atoms with van der Waals surface area (Å²) >= 11 is 0. The summed E-state index contributed by atoms with van der Waals surface area (Å²) in [5, 5.41) is 0. The molecule has 0 aromatic rings. The van der Waals surface area contributed by atoms with Crippen LogP contribution in [0.15, 0.2) is 109 Å². The molecule has 1 unspecified atom stereocenters. The second-order valence-corrected chi connectivity index (χ2v) is 20.2. The van der Waals surface area contributed by atoms with Gasteiger partial charge in [-0.05, 0) is 109 Å². The topological polar surface area (TPSA) is 78.9 Å². The number of allylic oxidation sites excluding steroid dienone is 18. The summed E-state index contributed by atoms with van der Waals surface area (Å²) in [5.41, 5.74) is 0. The van der Waals surface area contributed by atoms with E-state index in [-0.39, 0.29) is 31.1 Å². The average Bonchev–Trinajstić information content (AvgIpc) is 3.40. The first kappa shape index (κ1) is 70.1. The highest BCUT2D eigenvalue weighted by Crippen LogP contribution is 2.15. The van der Waals surface area contributed by atoms with E-state index < -0.39 is 6.10 Å². The Labute approximate surface area is 457 Å². The van der Waals surface area contributed by atoms with Gasteiger partial charge in [0.2, 0.25) is 0 Å². The molecule has 0 saturated heterocycles. The minimum Gasteiger partial charge on any atom is -0.462 e. The third kappa shape index (κ3) is 59.0. The van der Waals surface area contributed by atoms with Gasteiger partial charge in [0.05, 0.1) is 0 Å². The first-order chi connectivity index (χ1) is 36.5. The van der Waals surface area contributed by atoms with E-state index in [1.165, 1.54) is 122 Å². The number of hydrogen-bond donors (Lipinski definition) is 0. The highest BCUT2D eigenvalue weighted by molar-refractivity contribution is 5.71. The van der Waals surface area contributed by atoms with Crippen molar-refractivity contribution in [2.24, 2.45) is 0 Å². The zero-order chi connectivity index (χ0) is 53.6. The van der Waals surface area contributed by atoms with Gasteiger partial charge < -0.3 is 14.2 Å². The average molecular weight is 1030 g/mol. The zero-order valence-corrected chi connectivity index (χ0v) is 48.3. The number of carbonyl (C=O) groups is 3. The normalized spacial score (nSPS) is 12.9. The maximum Gasteiger partial charge on any atom is 0.306 e. The molecule has 0 aliphatic rings. The molecule has 0 radical (unpaired) electrons. The van der Waals surface area contributed by atoms with Crippen molar-refractivity contribution in [3.8, 4) is 0 Å². The monoisotopic (exact) mass is 1030 g/mol. The van der Waals surface area contributed by atoms with Gasteiger partial charge in [0.25, 0.3) is 0 Å². The van der Waals surface area contributed by atoms with Crippen molar-refractivity contribution in [3.63, 3.8) is 0 Å². The molecule has 74 heavy (non-hydrogen) atoms. The van der Waals surface area contributed by atoms with Crippen LogP contribution in [0.5, 0.6) is 0 Å². The lowest BCUT2D eigenvalue weighted by molar-refractivity contribution is -0.167. The lowest BCUT2D eigenvalue weighted by Crippen LogP contribution is -2.30. The number of carbonyl (C=O) groups excluding carboxylic acids is 3. The van der Waals surface area contributed by atoms with Gasteiger partial charge in [-0.25, -0.2) is 0 Å². The minimum atomic E-state index is -0.780. The maximum atomic E-state index is 12.8. The zero-order valence-electron chi connectivity index (χ0n) is 48.3. The third-order valence-corrected chi connectivity index (χ3v) is 13.0. The molecule has 6 nitrogen and oxygen atoms in total. The van der Waals surface area contributed by atoms with Crippen molar-refractivity contribution in [3.05, 3.63) is 109 Å². The molecule has 0 aliphatic carbocycles. The molecule has 0 bridgehead atoms. The first-order valence-corrected chi connectivity index (χ1v) is 30.9. The van der Waals surface area contributed by atoms with Crippen molar-refractivity contribution in [2.75, 3.05) is 13.2 Å². The van der Waals surface area contributed by atoms with Crippen LogP contribution in [0, 0.1) is 0 Å². The molecule has 0 aromatic carbocycles. The number of hydrogen-bond acceptors (Lipinski definition) is 6. The van der Waals surface area contributed by atoms with Crippen LogP contribution >= 0.6 is 0 Å². The number of unbranched alkanes of at least 4 members (excludes halogenated alkanes) is 26. The molecule has 1 atom stereocenters. The Morgan fingerprint density at radius 3 is 0.851 bits per heavy atom. The summed E-state index contributed by atoms with van der Waals surface area (Å²) in [7, 11) is 0. The van der Waals surface area contributed by atoms with E-state index in [4.69, 9.17) is 14.2 Å². The Balaban J connectivity index is 4.09. The van der Waals surface area contributed by atoms with Gasteiger partial charge in [-0.2, -0.15) is 0 Å². The molecule has 0 saturated carbocycles. The third-order valence-electron chi connectivity index (χ3n) is 13.0. The summed E-state index contributed by atoms with van der Waals surface area (Å²) in [6.07, 6.45) is 84.0.